The summed E-state index contributed by atoms with van der Waals surface area (Å²) in [5.41, 5.74) is 2.11. The topological polar surface area (TPSA) is 49.8 Å². The van der Waals surface area contributed by atoms with Crippen LogP contribution in [0, 0.1) is 19.8 Å². The van der Waals surface area contributed by atoms with Gasteiger partial charge in [0.15, 0.2) is 6.61 Å². The van der Waals surface area contributed by atoms with Gasteiger partial charge in [0.25, 0.3) is 5.91 Å². The number of carbonyl (C=O) groups is 1. The summed E-state index contributed by atoms with van der Waals surface area (Å²) in [6.07, 6.45) is 2.89. The van der Waals surface area contributed by atoms with E-state index in [4.69, 9.17) is 9.84 Å². The molecule has 0 bridgehead atoms. The average molecular weight is 291 g/mol. The fourth-order valence-corrected chi connectivity index (χ4v) is 2.96. The van der Waals surface area contributed by atoms with E-state index >= 15 is 0 Å². The van der Waals surface area contributed by atoms with E-state index in [0.717, 1.165) is 49.2 Å². The van der Waals surface area contributed by atoms with E-state index in [1.807, 2.05) is 36.9 Å². The summed E-state index contributed by atoms with van der Waals surface area (Å²) in [5, 5.41) is 9.03. The standard InChI is InChI=1S/C17H25NO3/c1-13-5-3-6-14(2)17(13)21-12-16(20)18-9-4-7-15(11-18)8-10-19/h3,5-6,15,19H,4,7-12H2,1-2H3. The molecule has 1 unspecified atom stereocenters. The van der Waals surface area contributed by atoms with Crippen LogP contribution in [0.5, 0.6) is 5.75 Å². The minimum atomic E-state index is 0.0419. The quantitative estimate of drug-likeness (QED) is 0.905. The third-order valence-corrected chi connectivity index (χ3v) is 4.16. The summed E-state index contributed by atoms with van der Waals surface area (Å²) in [6.45, 7) is 5.82. The number of aliphatic hydroxyl groups is 1. The Labute approximate surface area is 126 Å². The molecule has 1 aromatic carbocycles. The Balaban J connectivity index is 1.89. The van der Waals surface area contributed by atoms with E-state index in [1.54, 1.807) is 0 Å². The Morgan fingerprint density at radius 2 is 2.10 bits per heavy atom. The number of nitrogens with zero attached hydrogens (tertiary/aromatic N) is 1. The third kappa shape index (κ3) is 4.21. The van der Waals surface area contributed by atoms with Gasteiger partial charge in [0, 0.05) is 19.7 Å². The SMILES string of the molecule is Cc1cccc(C)c1OCC(=O)N1CCCC(CCO)C1. The molecule has 0 spiro atoms. The summed E-state index contributed by atoms with van der Waals surface area (Å²) in [5.74, 6) is 1.28. The highest BCUT2D eigenvalue weighted by atomic mass is 16.5. The molecule has 4 heteroatoms. The maximum Gasteiger partial charge on any atom is 0.260 e. The van der Waals surface area contributed by atoms with E-state index in [9.17, 15) is 4.79 Å². The molecule has 1 aromatic rings. The Morgan fingerprint density at radius 1 is 1.38 bits per heavy atom. The van der Waals surface area contributed by atoms with Crippen molar-refractivity contribution < 1.29 is 14.6 Å². The number of aryl methyl sites for hydroxylation is 2. The molecule has 0 aliphatic carbocycles. The zero-order valence-corrected chi connectivity index (χ0v) is 13.0. The summed E-state index contributed by atoms with van der Waals surface area (Å²) >= 11 is 0. The molecule has 1 heterocycles. The molecule has 116 valence electrons. The van der Waals surface area contributed by atoms with Gasteiger partial charge < -0.3 is 14.7 Å². The second-order valence-corrected chi connectivity index (χ2v) is 5.87. The van der Waals surface area contributed by atoms with Crippen LogP contribution in [0.2, 0.25) is 0 Å². The number of hydrogen-bond acceptors (Lipinski definition) is 3. The molecule has 1 N–H and O–H groups in total. The number of amides is 1. The summed E-state index contributed by atoms with van der Waals surface area (Å²) in [7, 11) is 0. The molecule has 0 aromatic heterocycles. The maximum atomic E-state index is 12.3. The Kier molecular flexibility index (Phi) is 5.62. The first-order valence-electron chi connectivity index (χ1n) is 7.69. The van der Waals surface area contributed by atoms with Crippen LogP contribution >= 0.6 is 0 Å². The van der Waals surface area contributed by atoms with Crippen LogP contribution in [-0.2, 0) is 4.79 Å². The number of para-hydroxylation sites is 1. The predicted octanol–water partition coefficient (Wildman–Crippen LogP) is 2.30. The van der Waals surface area contributed by atoms with Crippen LogP contribution in [0.15, 0.2) is 18.2 Å². The minimum Gasteiger partial charge on any atom is -0.483 e. The number of benzene rings is 1. The lowest BCUT2D eigenvalue weighted by atomic mass is 9.95. The van der Waals surface area contributed by atoms with Gasteiger partial charge in [-0.25, -0.2) is 0 Å². The lowest BCUT2D eigenvalue weighted by Crippen LogP contribution is -2.42. The van der Waals surface area contributed by atoms with Crippen LogP contribution in [0.25, 0.3) is 0 Å². The zero-order chi connectivity index (χ0) is 15.2. The number of aliphatic hydroxyl groups excluding tert-OH is 1. The number of ether oxygens (including phenoxy) is 1. The first-order valence-corrected chi connectivity index (χ1v) is 7.69. The van der Waals surface area contributed by atoms with Gasteiger partial charge >= 0.3 is 0 Å². The van der Waals surface area contributed by atoms with Crippen LogP contribution in [-0.4, -0.2) is 42.2 Å². The third-order valence-electron chi connectivity index (χ3n) is 4.16. The van der Waals surface area contributed by atoms with Crippen molar-refractivity contribution in [1.82, 2.24) is 4.90 Å². The second kappa shape index (κ2) is 7.46. The molecule has 1 atom stereocenters. The molecule has 1 fully saturated rings. The van der Waals surface area contributed by atoms with Crippen molar-refractivity contribution in [1.29, 1.82) is 0 Å². The molecule has 0 radical (unpaired) electrons. The van der Waals surface area contributed by atoms with Crippen molar-refractivity contribution in [3.8, 4) is 5.75 Å². The van der Waals surface area contributed by atoms with Gasteiger partial charge in [-0.3, -0.25) is 4.79 Å². The molecule has 1 amide bonds. The normalized spacial score (nSPS) is 18.6. The lowest BCUT2D eigenvalue weighted by Gasteiger charge is -2.32. The highest BCUT2D eigenvalue weighted by Gasteiger charge is 2.23. The van der Waals surface area contributed by atoms with Crippen LogP contribution in [0.4, 0.5) is 0 Å². The first-order chi connectivity index (χ1) is 10.1. The van der Waals surface area contributed by atoms with E-state index < -0.39 is 0 Å². The molecule has 0 saturated carbocycles. The van der Waals surface area contributed by atoms with Gasteiger partial charge in [-0.15, -0.1) is 0 Å². The minimum absolute atomic E-state index is 0.0419. The number of hydrogen-bond donors (Lipinski definition) is 1. The fourth-order valence-electron chi connectivity index (χ4n) is 2.96. The largest absolute Gasteiger partial charge is 0.483 e. The Hall–Kier alpha value is -1.55. The van der Waals surface area contributed by atoms with Crippen molar-refractivity contribution in [3.05, 3.63) is 29.3 Å². The predicted molar refractivity (Wildman–Crippen MR) is 82.4 cm³/mol. The fraction of sp³-hybridized carbons (Fsp3) is 0.588. The van der Waals surface area contributed by atoms with Gasteiger partial charge in [-0.1, -0.05) is 18.2 Å². The molecule has 4 nitrogen and oxygen atoms in total. The lowest BCUT2D eigenvalue weighted by molar-refractivity contribution is -0.135. The maximum absolute atomic E-state index is 12.3. The van der Waals surface area contributed by atoms with Crippen LogP contribution in [0.3, 0.4) is 0 Å². The number of piperidine rings is 1. The summed E-state index contributed by atoms with van der Waals surface area (Å²) < 4.78 is 5.74. The summed E-state index contributed by atoms with van der Waals surface area (Å²) in [4.78, 5) is 14.2. The van der Waals surface area contributed by atoms with Crippen molar-refractivity contribution in [2.75, 3.05) is 26.3 Å². The molecule has 1 saturated heterocycles. The van der Waals surface area contributed by atoms with E-state index in [2.05, 4.69) is 0 Å². The van der Waals surface area contributed by atoms with Crippen molar-refractivity contribution in [2.45, 2.75) is 33.1 Å². The van der Waals surface area contributed by atoms with E-state index in [-0.39, 0.29) is 19.1 Å². The molecule has 1 aliphatic rings. The van der Waals surface area contributed by atoms with Gasteiger partial charge in [0.2, 0.25) is 0 Å². The van der Waals surface area contributed by atoms with E-state index in [1.165, 1.54) is 0 Å². The smallest absolute Gasteiger partial charge is 0.260 e. The Bertz CT molecular complexity index is 465. The molecule has 21 heavy (non-hydrogen) atoms. The number of carbonyl (C=O) groups excluding carboxylic acids is 1. The number of rotatable bonds is 5. The van der Waals surface area contributed by atoms with Gasteiger partial charge in [-0.2, -0.15) is 0 Å². The van der Waals surface area contributed by atoms with Crippen molar-refractivity contribution in [3.63, 3.8) is 0 Å². The monoisotopic (exact) mass is 291 g/mol. The van der Waals surface area contributed by atoms with Crippen LogP contribution < -0.4 is 4.74 Å². The van der Waals surface area contributed by atoms with Crippen LogP contribution in [0.1, 0.15) is 30.4 Å². The second-order valence-electron chi connectivity index (χ2n) is 5.87. The number of likely N-dealkylation sites (tertiary alicyclic amines) is 1. The van der Waals surface area contributed by atoms with Gasteiger partial charge in [0.1, 0.15) is 5.75 Å². The van der Waals surface area contributed by atoms with Gasteiger partial charge in [0.05, 0.1) is 0 Å². The van der Waals surface area contributed by atoms with E-state index in [0.29, 0.717) is 5.92 Å². The van der Waals surface area contributed by atoms with Crippen molar-refractivity contribution in [2.24, 2.45) is 5.92 Å². The van der Waals surface area contributed by atoms with Gasteiger partial charge in [-0.05, 0) is 50.2 Å². The average Bonchev–Trinajstić information content (AvgIpc) is 2.47. The molecular weight excluding hydrogens is 266 g/mol. The highest BCUT2D eigenvalue weighted by molar-refractivity contribution is 5.78. The Morgan fingerprint density at radius 3 is 2.76 bits per heavy atom. The summed E-state index contributed by atoms with van der Waals surface area (Å²) in [6, 6.07) is 5.97. The molecule has 2 rings (SSSR count). The molecule has 1 aliphatic heterocycles. The van der Waals surface area contributed by atoms with Crippen molar-refractivity contribution >= 4 is 5.91 Å². The highest BCUT2D eigenvalue weighted by Crippen LogP contribution is 2.23. The molecular formula is C17H25NO3. The first kappa shape index (κ1) is 15.8. The zero-order valence-electron chi connectivity index (χ0n) is 13.0.